The quantitative estimate of drug-likeness (QED) is 0.753. The molecule has 1 aromatic heterocycles. The van der Waals surface area contributed by atoms with E-state index in [4.69, 9.17) is 4.74 Å². The molecule has 1 fully saturated rings. The average Bonchev–Trinajstić information content (AvgIpc) is 3.12. The lowest BCUT2D eigenvalue weighted by Crippen LogP contribution is -2.42. The number of nitrogens with one attached hydrogen (secondary N) is 3. The Morgan fingerprint density at radius 1 is 1.21 bits per heavy atom. The molecule has 6 nitrogen and oxygen atoms in total. The van der Waals surface area contributed by atoms with E-state index in [0.717, 1.165) is 16.9 Å². The zero-order chi connectivity index (χ0) is 16.8. The van der Waals surface area contributed by atoms with Gasteiger partial charge in [-0.3, -0.25) is 9.78 Å². The van der Waals surface area contributed by atoms with E-state index in [9.17, 15) is 4.79 Å². The van der Waals surface area contributed by atoms with Crippen LogP contribution in [0.15, 0.2) is 48.8 Å². The Morgan fingerprint density at radius 3 is 2.67 bits per heavy atom. The number of carbonyl (C=O) groups is 1. The van der Waals surface area contributed by atoms with Crippen LogP contribution in [-0.4, -0.2) is 23.5 Å². The lowest BCUT2D eigenvalue weighted by Gasteiger charge is -2.11. The van der Waals surface area contributed by atoms with Gasteiger partial charge in [-0.15, -0.1) is 0 Å². The van der Waals surface area contributed by atoms with Crippen molar-refractivity contribution in [2.45, 2.75) is 32.0 Å². The van der Waals surface area contributed by atoms with Gasteiger partial charge in [-0.1, -0.05) is 12.1 Å². The fraction of sp³-hybridized carbons (Fsp3) is 0.333. The lowest BCUT2D eigenvalue weighted by atomic mass is 10.0. The zero-order valence-electron chi connectivity index (χ0n) is 13.7. The minimum absolute atomic E-state index is 0.00671. The van der Waals surface area contributed by atoms with Crippen LogP contribution in [0.4, 0.5) is 0 Å². The fourth-order valence-corrected chi connectivity index (χ4v) is 2.72. The zero-order valence-corrected chi connectivity index (χ0v) is 13.7. The van der Waals surface area contributed by atoms with Crippen molar-refractivity contribution in [3.8, 4) is 5.75 Å². The number of aromatic nitrogens is 1. The van der Waals surface area contributed by atoms with Gasteiger partial charge in [0.1, 0.15) is 11.8 Å². The van der Waals surface area contributed by atoms with Crippen LogP contribution in [0.3, 0.4) is 0 Å². The number of benzene rings is 1. The Labute approximate surface area is 141 Å². The summed E-state index contributed by atoms with van der Waals surface area (Å²) in [5.41, 5.74) is 8.44. The largest absolute Gasteiger partial charge is 0.494 e. The van der Waals surface area contributed by atoms with E-state index in [-0.39, 0.29) is 18.0 Å². The van der Waals surface area contributed by atoms with Crippen molar-refractivity contribution in [3.05, 3.63) is 59.9 Å². The Morgan fingerprint density at radius 2 is 1.96 bits per heavy atom. The van der Waals surface area contributed by atoms with Gasteiger partial charge >= 0.3 is 0 Å². The highest BCUT2D eigenvalue weighted by Gasteiger charge is 2.29. The Kier molecular flexibility index (Phi) is 5.40. The monoisotopic (exact) mass is 326 g/mol. The number of hydrazine groups is 1. The maximum Gasteiger partial charge on any atom is 0.238 e. The summed E-state index contributed by atoms with van der Waals surface area (Å²) in [6, 6.07) is 11.6. The highest BCUT2D eigenvalue weighted by atomic mass is 16.5. The van der Waals surface area contributed by atoms with Crippen molar-refractivity contribution in [2.75, 3.05) is 6.61 Å². The Bertz CT molecular complexity index is 660. The predicted octanol–water partition coefficient (Wildman–Crippen LogP) is 1.70. The van der Waals surface area contributed by atoms with Crippen LogP contribution in [0.5, 0.6) is 5.75 Å². The standard InChI is InChI=1S/C18H22N4O2/c1-2-24-15-5-3-14(4-6-15)16-11-17(22-21-16)18(23)20-12-13-7-9-19-10-8-13/h3-10,16-17,21-22H,2,11-12H2,1H3,(H,20,23). The maximum atomic E-state index is 12.3. The predicted molar refractivity (Wildman–Crippen MR) is 91.1 cm³/mol. The number of amides is 1. The number of pyridine rings is 1. The molecule has 0 aliphatic carbocycles. The number of carbonyl (C=O) groups excluding carboxylic acids is 1. The molecule has 0 bridgehead atoms. The lowest BCUT2D eigenvalue weighted by molar-refractivity contribution is -0.123. The van der Waals surface area contributed by atoms with Crippen LogP contribution in [0.2, 0.25) is 0 Å². The van der Waals surface area contributed by atoms with E-state index in [1.54, 1.807) is 12.4 Å². The van der Waals surface area contributed by atoms with Crippen LogP contribution in [0.25, 0.3) is 0 Å². The van der Waals surface area contributed by atoms with Gasteiger partial charge in [0, 0.05) is 25.0 Å². The van der Waals surface area contributed by atoms with Crippen LogP contribution in [-0.2, 0) is 11.3 Å². The average molecular weight is 326 g/mol. The second-order valence-electron chi connectivity index (χ2n) is 5.70. The highest BCUT2D eigenvalue weighted by molar-refractivity contribution is 5.82. The summed E-state index contributed by atoms with van der Waals surface area (Å²) in [5, 5.41) is 2.95. The van der Waals surface area contributed by atoms with Crippen molar-refractivity contribution in [2.24, 2.45) is 0 Å². The van der Waals surface area contributed by atoms with Crippen molar-refractivity contribution >= 4 is 5.91 Å². The van der Waals surface area contributed by atoms with E-state index in [2.05, 4.69) is 21.2 Å². The molecule has 1 aromatic carbocycles. The summed E-state index contributed by atoms with van der Waals surface area (Å²) >= 11 is 0. The molecule has 1 aliphatic rings. The molecule has 0 spiro atoms. The SMILES string of the molecule is CCOc1ccc(C2CC(C(=O)NCc3ccncc3)NN2)cc1. The van der Waals surface area contributed by atoms with Crippen LogP contribution in [0.1, 0.15) is 30.5 Å². The third-order valence-electron chi connectivity index (χ3n) is 4.03. The smallest absolute Gasteiger partial charge is 0.238 e. The second-order valence-corrected chi connectivity index (χ2v) is 5.70. The third kappa shape index (κ3) is 4.10. The molecule has 2 atom stereocenters. The molecule has 6 heteroatoms. The first-order chi connectivity index (χ1) is 11.8. The topological polar surface area (TPSA) is 75.3 Å². The molecule has 3 rings (SSSR count). The van der Waals surface area contributed by atoms with Gasteiger partial charge in [0.2, 0.25) is 5.91 Å². The van der Waals surface area contributed by atoms with Gasteiger partial charge in [-0.05, 0) is 48.7 Å². The normalized spacial score (nSPS) is 19.9. The number of nitrogens with zero attached hydrogens (tertiary/aromatic N) is 1. The van der Waals surface area contributed by atoms with Crippen LogP contribution >= 0.6 is 0 Å². The molecule has 2 heterocycles. The van der Waals surface area contributed by atoms with Gasteiger partial charge in [0.15, 0.2) is 0 Å². The summed E-state index contributed by atoms with van der Waals surface area (Å²) in [4.78, 5) is 16.3. The third-order valence-corrected chi connectivity index (χ3v) is 4.03. The molecule has 0 saturated carbocycles. The first kappa shape index (κ1) is 16.4. The maximum absolute atomic E-state index is 12.3. The van der Waals surface area contributed by atoms with Gasteiger partial charge in [0.25, 0.3) is 0 Å². The van der Waals surface area contributed by atoms with Crippen LogP contribution < -0.4 is 20.9 Å². The first-order valence-corrected chi connectivity index (χ1v) is 8.16. The number of hydrogen-bond donors (Lipinski definition) is 3. The van der Waals surface area contributed by atoms with Crippen molar-refractivity contribution < 1.29 is 9.53 Å². The van der Waals surface area contributed by atoms with E-state index in [0.29, 0.717) is 19.6 Å². The Hall–Kier alpha value is -2.44. The van der Waals surface area contributed by atoms with Gasteiger partial charge in [-0.25, -0.2) is 10.9 Å². The summed E-state index contributed by atoms with van der Waals surface area (Å²) in [7, 11) is 0. The van der Waals surface area contributed by atoms with Gasteiger partial charge in [-0.2, -0.15) is 0 Å². The molecule has 2 aromatic rings. The molecule has 2 unspecified atom stereocenters. The highest BCUT2D eigenvalue weighted by Crippen LogP contribution is 2.24. The summed E-state index contributed by atoms with van der Waals surface area (Å²) in [6.07, 6.45) is 4.15. The van der Waals surface area contributed by atoms with Crippen molar-refractivity contribution in [1.29, 1.82) is 0 Å². The molecule has 0 radical (unpaired) electrons. The first-order valence-electron chi connectivity index (χ1n) is 8.16. The van der Waals surface area contributed by atoms with Crippen molar-refractivity contribution in [3.63, 3.8) is 0 Å². The molecule has 1 saturated heterocycles. The summed E-state index contributed by atoms with van der Waals surface area (Å²) in [6.45, 7) is 3.13. The van der Waals surface area contributed by atoms with Gasteiger partial charge in [0.05, 0.1) is 6.61 Å². The molecule has 126 valence electrons. The second kappa shape index (κ2) is 7.90. The molecule has 1 amide bonds. The number of rotatable bonds is 6. The molecule has 24 heavy (non-hydrogen) atoms. The van der Waals surface area contributed by atoms with Crippen molar-refractivity contribution in [1.82, 2.24) is 21.2 Å². The van der Waals surface area contributed by atoms with E-state index < -0.39 is 0 Å². The molecule has 1 aliphatic heterocycles. The molecular formula is C18H22N4O2. The Balaban J connectivity index is 1.51. The van der Waals surface area contributed by atoms with E-state index in [1.807, 2.05) is 43.3 Å². The minimum atomic E-state index is -0.247. The molecule has 3 N–H and O–H groups in total. The van der Waals surface area contributed by atoms with Crippen LogP contribution in [0, 0.1) is 0 Å². The number of hydrogen-bond acceptors (Lipinski definition) is 5. The minimum Gasteiger partial charge on any atom is -0.494 e. The van der Waals surface area contributed by atoms with E-state index in [1.165, 1.54) is 0 Å². The van der Waals surface area contributed by atoms with E-state index >= 15 is 0 Å². The number of ether oxygens (including phenoxy) is 1. The summed E-state index contributed by atoms with van der Waals surface area (Å²) < 4.78 is 5.45. The fourth-order valence-electron chi connectivity index (χ4n) is 2.72. The van der Waals surface area contributed by atoms with Gasteiger partial charge < -0.3 is 10.1 Å². The summed E-state index contributed by atoms with van der Waals surface area (Å²) in [5.74, 6) is 0.853. The molecular weight excluding hydrogens is 304 g/mol.